The molecule has 0 aromatic carbocycles. The van der Waals surface area contributed by atoms with Gasteiger partial charge in [-0.15, -0.1) is 0 Å². The van der Waals surface area contributed by atoms with Crippen LogP contribution in [0.15, 0.2) is 0 Å². The summed E-state index contributed by atoms with van der Waals surface area (Å²) in [5, 5.41) is 0. The van der Waals surface area contributed by atoms with Gasteiger partial charge in [-0.3, -0.25) is 9.59 Å². The lowest BCUT2D eigenvalue weighted by Crippen LogP contribution is -2.43. The molecule has 0 saturated carbocycles. The van der Waals surface area contributed by atoms with E-state index in [1.165, 1.54) is 13.5 Å². The van der Waals surface area contributed by atoms with Crippen molar-refractivity contribution in [1.82, 2.24) is 9.80 Å². The van der Waals surface area contributed by atoms with Crippen molar-refractivity contribution in [3.63, 3.8) is 0 Å². The van der Waals surface area contributed by atoms with Crippen LogP contribution in [0.4, 0.5) is 0 Å². The number of methoxy groups -OCH3 is 1. The van der Waals surface area contributed by atoms with Gasteiger partial charge in [0.2, 0.25) is 5.91 Å². The predicted molar refractivity (Wildman–Crippen MR) is 76.1 cm³/mol. The van der Waals surface area contributed by atoms with E-state index in [-0.39, 0.29) is 17.8 Å². The molecule has 5 heteroatoms. The number of carbonyl (C=O) groups is 2. The van der Waals surface area contributed by atoms with Crippen LogP contribution < -0.4 is 0 Å². The molecule has 2 saturated heterocycles. The van der Waals surface area contributed by atoms with Crippen LogP contribution in [0.5, 0.6) is 0 Å². The number of hydrogen-bond donors (Lipinski definition) is 0. The van der Waals surface area contributed by atoms with Crippen molar-refractivity contribution in [2.45, 2.75) is 26.7 Å². The van der Waals surface area contributed by atoms with Gasteiger partial charge in [0.1, 0.15) is 0 Å². The average molecular weight is 282 g/mol. The zero-order valence-electron chi connectivity index (χ0n) is 12.8. The van der Waals surface area contributed by atoms with Gasteiger partial charge in [0.05, 0.1) is 13.0 Å². The topological polar surface area (TPSA) is 49.9 Å². The molecule has 0 bridgehead atoms. The van der Waals surface area contributed by atoms with Crippen molar-refractivity contribution in [3.05, 3.63) is 0 Å². The predicted octanol–water partition coefficient (Wildman–Crippen LogP) is 0.986. The van der Waals surface area contributed by atoms with E-state index in [1.54, 1.807) is 0 Å². The molecule has 3 atom stereocenters. The van der Waals surface area contributed by atoms with Gasteiger partial charge < -0.3 is 14.5 Å². The lowest BCUT2D eigenvalue weighted by Gasteiger charge is -2.35. The first-order chi connectivity index (χ1) is 9.49. The second-order valence-electron chi connectivity index (χ2n) is 6.47. The Morgan fingerprint density at radius 3 is 2.45 bits per heavy atom. The van der Waals surface area contributed by atoms with Gasteiger partial charge in [0.25, 0.3) is 0 Å². The minimum absolute atomic E-state index is 0.0820. The summed E-state index contributed by atoms with van der Waals surface area (Å²) in [6, 6.07) is 0. The van der Waals surface area contributed by atoms with Crippen molar-refractivity contribution in [3.8, 4) is 0 Å². The van der Waals surface area contributed by atoms with Gasteiger partial charge in [0, 0.05) is 39.1 Å². The Kier molecular flexibility index (Phi) is 5.02. The summed E-state index contributed by atoms with van der Waals surface area (Å²) < 4.78 is 4.73. The first kappa shape index (κ1) is 15.3. The summed E-state index contributed by atoms with van der Waals surface area (Å²) >= 11 is 0. The van der Waals surface area contributed by atoms with Crippen LogP contribution in [0.2, 0.25) is 0 Å². The fraction of sp³-hybridized carbons (Fsp3) is 0.867. The van der Waals surface area contributed by atoms with Crippen LogP contribution in [0, 0.1) is 17.8 Å². The van der Waals surface area contributed by atoms with Crippen LogP contribution >= 0.6 is 0 Å². The second kappa shape index (κ2) is 6.57. The largest absolute Gasteiger partial charge is 0.469 e. The quantitative estimate of drug-likeness (QED) is 0.721. The average Bonchev–Trinajstić information content (AvgIpc) is 2.76. The van der Waals surface area contributed by atoms with E-state index in [9.17, 15) is 9.59 Å². The van der Waals surface area contributed by atoms with Gasteiger partial charge in [0.15, 0.2) is 0 Å². The Bertz CT molecular complexity index is 362. The SMILES string of the molecule is COC(=O)C1CC(=O)N(CCN2CC(C)CC(C)C2)C1. The highest BCUT2D eigenvalue weighted by Crippen LogP contribution is 2.22. The minimum atomic E-state index is -0.272. The molecule has 0 radical (unpaired) electrons. The monoisotopic (exact) mass is 282 g/mol. The second-order valence-corrected chi connectivity index (χ2v) is 6.47. The zero-order valence-corrected chi connectivity index (χ0v) is 12.8. The molecule has 114 valence electrons. The highest BCUT2D eigenvalue weighted by molar-refractivity contribution is 5.86. The third kappa shape index (κ3) is 3.72. The Morgan fingerprint density at radius 1 is 1.20 bits per heavy atom. The van der Waals surface area contributed by atoms with E-state index >= 15 is 0 Å². The fourth-order valence-electron chi connectivity index (χ4n) is 3.55. The number of amides is 1. The van der Waals surface area contributed by atoms with E-state index in [0.717, 1.165) is 38.0 Å². The van der Waals surface area contributed by atoms with Crippen LogP contribution in [0.25, 0.3) is 0 Å². The molecule has 20 heavy (non-hydrogen) atoms. The Hall–Kier alpha value is -1.10. The van der Waals surface area contributed by atoms with Gasteiger partial charge in [-0.25, -0.2) is 0 Å². The van der Waals surface area contributed by atoms with Crippen LogP contribution in [-0.2, 0) is 14.3 Å². The summed E-state index contributed by atoms with van der Waals surface area (Å²) in [6.07, 6.45) is 1.60. The highest BCUT2D eigenvalue weighted by Gasteiger charge is 2.35. The first-order valence-electron chi connectivity index (χ1n) is 7.57. The van der Waals surface area contributed by atoms with E-state index in [0.29, 0.717) is 13.0 Å². The standard InChI is InChI=1S/C15H26N2O3/c1-11-6-12(2)9-16(8-11)4-5-17-10-13(7-14(17)18)15(19)20-3/h11-13H,4-10H2,1-3H3. The highest BCUT2D eigenvalue weighted by atomic mass is 16.5. The summed E-state index contributed by atoms with van der Waals surface area (Å²) in [7, 11) is 1.38. The van der Waals surface area contributed by atoms with Crippen LogP contribution in [0.3, 0.4) is 0 Å². The van der Waals surface area contributed by atoms with Crippen molar-refractivity contribution < 1.29 is 14.3 Å². The number of ether oxygens (including phenoxy) is 1. The molecule has 0 aromatic rings. The van der Waals surface area contributed by atoms with Crippen molar-refractivity contribution in [2.24, 2.45) is 17.8 Å². The number of esters is 1. The number of nitrogens with zero attached hydrogens (tertiary/aromatic N) is 2. The number of carbonyl (C=O) groups excluding carboxylic acids is 2. The first-order valence-corrected chi connectivity index (χ1v) is 7.57. The molecule has 1 amide bonds. The van der Waals surface area contributed by atoms with Gasteiger partial charge in [-0.05, 0) is 18.3 Å². The normalized spacial score (nSPS) is 31.6. The van der Waals surface area contributed by atoms with E-state index in [2.05, 4.69) is 18.7 Å². The van der Waals surface area contributed by atoms with Crippen molar-refractivity contribution in [1.29, 1.82) is 0 Å². The van der Waals surface area contributed by atoms with Crippen LogP contribution in [-0.4, -0.2) is 61.5 Å². The van der Waals surface area contributed by atoms with Gasteiger partial charge in [-0.1, -0.05) is 13.8 Å². The molecule has 2 rings (SSSR count). The number of rotatable bonds is 4. The summed E-state index contributed by atoms with van der Waals surface area (Å²) in [6.45, 7) is 8.97. The van der Waals surface area contributed by atoms with E-state index < -0.39 is 0 Å². The van der Waals surface area contributed by atoms with E-state index in [1.807, 2.05) is 4.90 Å². The Labute approximate surface area is 121 Å². The maximum atomic E-state index is 11.9. The Balaban J connectivity index is 1.79. The molecule has 0 aliphatic carbocycles. The number of likely N-dealkylation sites (tertiary alicyclic amines) is 2. The molecule has 2 aliphatic heterocycles. The van der Waals surface area contributed by atoms with Gasteiger partial charge >= 0.3 is 5.97 Å². The lowest BCUT2D eigenvalue weighted by molar-refractivity contribution is -0.145. The molecule has 0 spiro atoms. The molecule has 2 fully saturated rings. The van der Waals surface area contributed by atoms with E-state index in [4.69, 9.17) is 4.74 Å². The molecule has 2 aliphatic rings. The lowest BCUT2D eigenvalue weighted by atomic mass is 9.92. The molecule has 0 N–H and O–H groups in total. The Morgan fingerprint density at radius 2 is 1.85 bits per heavy atom. The molecule has 3 unspecified atom stereocenters. The summed E-state index contributed by atoms with van der Waals surface area (Å²) in [5.74, 6) is 1.01. The molecular weight excluding hydrogens is 256 g/mol. The van der Waals surface area contributed by atoms with Gasteiger partial charge in [-0.2, -0.15) is 0 Å². The molecule has 5 nitrogen and oxygen atoms in total. The maximum absolute atomic E-state index is 11.9. The minimum Gasteiger partial charge on any atom is -0.469 e. The van der Waals surface area contributed by atoms with Crippen LogP contribution in [0.1, 0.15) is 26.7 Å². The maximum Gasteiger partial charge on any atom is 0.310 e. The molecule has 0 aromatic heterocycles. The van der Waals surface area contributed by atoms with Crippen molar-refractivity contribution >= 4 is 11.9 Å². The number of piperidine rings is 1. The fourth-order valence-corrected chi connectivity index (χ4v) is 3.55. The molecular formula is C15H26N2O3. The third-order valence-electron chi connectivity index (χ3n) is 4.38. The third-order valence-corrected chi connectivity index (χ3v) is 4.38. The summed E-state index contributed by atoms with van der Waals surface area (Å²) in [4.78, 5) is 27.6. The number of hydrogen-bond acceptors (Lipinski definition) is 4. The smallest absolute Gasteiger partial charge is 0.310 e. The summed E-state index contributed by atoms with van der Waals surface area (Å²) in [5.41, 5.74) is 0. The molecule has 2 heterocycles. The zero-order chi connectivity index (χ0) is 14.7. The van der Waals surface area contributed by atoms with Crippen molar-refractivity contribution in [2.75, 3.05) is 39.8 Å².